The SMILES string of the molecule is CN1C(=O)Cc2cc(C(N)c3ccc(Br)o3)ccc21. The van der Waals surface area contributed by atoms with Crippen molar-refractivity contribution in [3.63, 3.8) is 0 Å². The summed E-state index contributed by atoms with van der Waals surface area (Å²) in [5.74, 6) is 0.811. The molecule has 2 N–H and O–H groups in total. The molecule has 1 aliphatic heterocycles. The smallest absolute Gasteiger partial charge is 0.231 e. The zero-order valence-corrected chi connectivity index (χ0v) is 12.0. The number of carbonyl (C=O) groups excluding carboxylic acids is 1. The maximum Gasteiger partial charge on any atom is 0.231 e. The molecular weight excluding hydrogens is 308 g/mol. The lowest BCUT2D eigenvalue weighted by molar-refractivity contribution is -0.117. The number of hydrogen-bond acceptors (Lipinski definition) is 3. The van der Waals surface area contributed by atoms with Crippen LogP contribution in [0.1, 0.15) is 22.9 Å². The molecule has 0 saturated heterocycles. The van der Waals surface area contributed by atoms with Crippen molar-refractivity contribution < 1.29 is 9.21 Å². The lowest BCUT2D eigenvalue weighted by atomic mass is 10.0. The molecule has 98 valence electrons. The van der Waals surface area contributed by atoms with Crippen LogP contribution < -0.4 is 10.6 Å². The fraction of sp³-hybridized carbons (Fsp3) is 0.214. The van der Waals surface area contributed by atoms with Gasteiger partial charge in [-0.2, -0.15) is 0 Å². The molecule has 1 amide bonds. The van der Waals surface area contributed by atoms with E-state index >= 15 is 0 Å². The molecule has 4 nitrogen and oxygen atoms in total. The van der Waals surface area contributed by atoms with Crippen molar-refractivity contribution >= 4 is 27.5 Å². The van der Waals surface area contributed by atoms with Crippen LogP contribution in [0.15, 0.2) is 39.4 Å². The van der Waals surface area contributed by atoms with Gasteiger partial charge in [0.2, 0.25) is 5.91 Å². The number of anilines is 1. The normalized spacial score (nSPS) is 15.7. The number of benzene rings is 1. The highest BCUT2D eigenvalue weighted by atomic mass is 79.9. The summed E-state index contributed by atoms with van der Waals surface area (Å²) in [6.45, 7) is 0. The molecule has 0 bridgehead atoms. The van der Waals surface area contributed by atoms with E-state index in [4.69, 9.17) is 10.2 Å². The summed E-state index contributed by atoms with van der Waals surface area (Å²) in [7, 11) is 1.79. The zero-order valence-electron chi connectivity index (χ0n) is 10.4. The van der Waals surface area contributed by atoms with Gasteiger partial charge in [-0.3, -0.25) is 4.79 Å². The number of rotatable bonds is 2. The van der Waals surface area contributed by atoms with Gasteiger partial charge in [0, 0.05) is 12.7 Å². The Balaban J connectivity index is 1.95. The summed E-state index contributed by atoms with van der Waals surface area (Å²) in [5, 5.41) is 0. The molecule has 0 radical (unpaired) electrons. The largest absolute Gasteiger partial charge is 0.452 e. The molecule has 0 aliphatic carbocycles. The highest BCUT2D eigenvalue weighted by molar-refractivity contribution is 9.10. The molecule has 1 unspecified atom stereocenters. The molecular formula is C14H13BrN2O2. The third kappa shape index (κ3) is 2.09. The predicted molar refractivity (Wildman–Crippen MR) is 76.0 cm³/mol. The van der Waals surface area contributed by atoms with Crippen LogP contribution in [0.3, 0.4) is 0 Å². The zero-order chi connectivity index (χ0) is 13.6. The van der Waals surface area contributed by atoms with Gasteiger partial charge < -0.3 is 15.1 Å². The molecule has 1 atom stereocenters. The number of amides is 1. The van der Waals surface area contributed by atoms with Crippen molar-refractivity contribution in [1.29, 1.82) is 0 Å². The van der Waals surface area contributed by atoms with Gasteiger partial charge in [-0.05, 0) is 45.3 Å². The topological polar surface area (TPSA) is 59.5 Å². The maximum atomic E-state index is 11.7. The first-order valence-electron chi connectivity index (χ1n) is 5.96. The van der Waals surface area contributed by atoms with E-state index in [0.29, 0.717) is 16.9 Å². The summed E-state index contributed by atoms with van der Waals surface area (Å²) in [5.41, 5.74) is 9.11. The average Bonchev–Trinajstić information content (AvgIpc) is 2.94. The Morgan fingerprint density at radius 1 is 1.37 bits per heavy atom. The second-order valence-corrected chi connectivity index (χ2v) is 5.42. The van der Waals surface area contributed by atoms with Crippen LogP contribution in [-0.4, -0.2) is 13.0 Å². The standard InChI is InChI=1S/C14H13BrN2O2/c1-17-10-3-2-8(6-9(10)7-13(17)18)14(16)11-4-5-12(15)19-11/h2-6,14H,7,16H2,1H3. The number of hydrogen-bond donors (Lipinski definition) is 1. The number of fused-ring (bicyclic) bond motifs is 1. The van der Waals surface area contributed by atoms with Crippen LogP contribution in [0, 0.1) is 0 Å². The van der Waals surface area contributed by atoms with Crippen LogP contribution >= 0.6 is 15.9 Å². The lowest BCUT2D eigenvalue weighted by Gasteiger charge is -2.13. The monoisotopic (exact) mass is 320 g/mol. The maximum absolute atomic E-state index is 11.7. The Labute approximate surface area is 119 Å². The average molecular weight is 321 g/mol. The van der Waals surface area contributed by atoms with Crippen LogP contribution in [0.5, 0.6) is 0 Å². The van der Waals surface area contributed by atoms with Gasteiger partial charge in [0.15, 0.2) is 4.67 Å². The van der Waals surface area contributed by atoms with Gasteiger partial charge >= 0.3 is 0 Å². The van der Waals surface area contributed by atoms with E-state index in [9.17, 15) is 4.79 Å². The Bertz CT molecular complexity index is 651. The molecule has 2 heterocycles. The molecule has 1 aliphatic rings. The second-order valence-electron chi connectivity index (χ2n) is 4.64. The number of nitrogens with two attached hydrogens (primary N) is 1. The third-order valence-electron chi connectivity index (χ3n) is 3.44. The van der Waals surface area contributed by atoms with E-state index in [1.165, 1.54) is 0 Å². The van der Waals surface area contributed by atoms with Gasteiger partial charge in [0.25, 0.3) is 0 Å². The van der Waals surface area contributed by atoms with Crippen molar-refractivity contribution in [3.05, 3.63) is 51.9 Å². The fourth-order valence-corrected chi connectivity index (χ4v) is 2.66. The van der Waals surface area contributed by atoms with Gasteiger partial charge in [0.1, 0.15) is 5.76 Å². The predicted octanol–water partition coefficient (Wildman–Crippen LogP) is 2.61. The van der Waals surface area contributed by atoms with E-state index in [1.807, 2.05) is 30.3 Å². The summed E-state index contributed by atoms with van der Waals surface area (Å²) in [4.78, 5) is 13.3. The summed E-state index contributed by atoms with van der Waals surface area (Å²) in [6.07, 6.45) is 0.439. The Hall–Kier alpha value is -1.59. The van der Waals surface area contributed by atoms with Gasteiger partial charge in [-0.25, -0.2) is 0 Å². The molecule has 0 fully saturated rings. The van der Waals surface area contributed by atoms with Gasteiger partial charge in [-0.15, -0.1) is 0 Å². The molecule has 1 aromatic carbocycles. The molecule has 0 spiro atoms. The second kappa shape index (κ2) is 4.51. The minimum absolute atomic E-state index is 0.112. The number of nitrogens with zero attached hydrogens (tertiary/aromatic N) is 1. The lowest BCUT2D eigenvalue weighted by Crippen LogP contribution is -2.20. The number of carbonyl (C=O) groups is 1. The number of likely N-dealkylation sites (N-methyl/N-ethyl adjacent to an activating group) is 1. The van der Waals surface area contributed by atoms with E-state index < -0.39 is 0 Å². The molecule has 2 aromatic rings. The van der Waals surface area contributed by atoms with Crippen molar-refractivity contribution in [2.75, 3.05) is 11.9 Å². The van der Waals surface area contributed by atoms with Crippen molar-refractivity contribution in [1.82, 2.24) is 0 Å². The first-order chi connectivity index (χ1) is 9.06. The van der Waals surface area contributed by atoms with Crippen molar-refractivity contribution in [2.24, 2.45) is 5.73 Å². The van der Waals surface area contributed by atoms with Gasteiger partial charge in [0.05, 0.1) is 12.5 Å². The third-order valence-corrected chi connectivity index (χ3v) is 3.87. The van der Waals surface area contributed by atoms with Crippen LogP contribution in [0.25, 0.3) is 0 Å². The van der Waals surface area contributed by atoms with E-state index in [0.717, 1.165) is 16.8 Å². The van der Waals surface area contributed by atoms with Crippen molar-refractivity contribution in [2.45, 2.75) is 12.5 Å². The minimum atomic E-state index is -0.322. The van der Waals surface area contributed by atoms with Crippen molar-refractivity contribution in [3.8, 4) is 0 Å². The Morgan fingerprint density at radius 2 is 2.16 bits per heavy atom. The minimum Gasteiger partial charge on any atom is -0.452 e. The number of furan rings is 1. The van der Waals surface area contributed by atoms with Crippen LogP contribution in [0.2, 0.25) is 0 Å². The highest BCUT2D eigenvalue weighted by Gasteiger charge is 2.25. The summed E-state index contributed by atoms with van der Waals surface area (Å²) >= 11 is 3.26. The Kier molecular flexibility index (Phi) is 2.95. The van der Waals surface area contributed by atoms with E-state index in [-0.39, 0.29) is 11.9 Å². The first-order valence-corrected chi connectivity index (χ1v) is 6.76. The van der Waals surface area contributed by atoms with E-state index in [2.05, 4.69) is 15.9 Å². The number of halogens is 1. The summed E-state index contributed by atoms with van der Waals surface area (Å²) < 4.78 is 6.14. The van der Waals surface area contributed by atoms with Crippen LogP contribution in [0.4, 0.5) is 5.69 Å². The first kappa shape index (κ1) is 12.4. The Morgan fingerprint density at radius 3 is 2.84 bits per heavy atom. The fourth-order valence-electron chi connectivity index (χ4n) is 2.34. The van der Waals surface area contributed by atoms with E-state index in [1.54, 1.807) is 11.9 Å². The quantitative estimate of drug-likeness (QED) is 0.925. The molecule has 3 rings (SSSR count). The molecule has 5 heteroatoms. The summed E-state index contributed by atoms with van der Waals surface area (Å²) in [6, 6.07) is 9.21. The van der Waals surface area contributed by atoms with Gasteiger partial charge in [-0.1, -0.05) is 12.1 Å². The highest BCUT2D eigenvalue weighted by Crippen LogP contribution is 2.32. The molecule has 0 saturated carbocycles. The molecule has 1 aromatic heterocycles. The molecule has 19 heavy (non-hydrogen) atoms. The van der Waals surface area contributed by atoms with Crippen LogP contribution in [-0.2, 0) is 11.2 Å².